The van der Waals surface area contributed by atoms with Crippen molar-refractivity contribution in [1.29, 1.82) is 0 Å². The van der Waals surface area contributed by atoms with Gasteiger partial charge < -0.3 is 19.3 Å². The summed E-state index contributed by atoms with van der Waals surface area (Å²) in [6.07, 6.45) is 5.60. The first-order valence-electron chi connectivity index (χ1n) is 10.3. The van der Waals surface area contributed by atoms with Crippen molar-refractivity contribution in [3.05, 3.63) is 65.2 Å². The van der Waals surface area contributed by atoms with Crippen LogP contribution in [0.4, 0.5) is 0 Å². The molecule has 0 spiro atoms. The quantitative estimate of drug-likeness (QED) is 0.458. The maximum Gasteiger partial charge on any atom is 0.331 e. The normalized spacial score (nSPS) is 12.3. The Hall–Kier alpha value is -2.95. The number of methoxy groups -OCH3 is 3. The van der Waals surface area contributed by atoms with Gasteiger partial charge in [0.2, 0.25) is 5.75 Å². The number of ether oxygens (including phenoxy) is 3. The lowest BCUT2D eigenvalue weighted by Gasteiger charge is -2.19. The molecular formula is C25H32O5. The van der Waals surface area contributed by atoms with Gasteiger partial charge >= 0.3 is 5.97 Å². The molecule has 0 amide bonds. The number of carboxylic acid groups (broad SMARTS) is 1. The summed E-state index contributed by atoms with van der Waals surface area (Å²) in [5.74, 6) is 1.08. The second-order valence-electron chi connectivity index (χ2n) is 7.17. The lowest BCUT2D eigenvalue weighted by Crippen LogP contribution is -2.04. The highest BCUT2D eigenvalue weighted by Crippen LogP contribution is 2.41. The van der Waals surface area contributed by atoms with Gasteiger partial charge in [-0.1, -0.05) is 43.3 Å². The van der Waals surface area contributed by atoms with Gasteiger partial charge in [0, 0.05) is 5.57 Å². The van der Waals surface area contributed by atoms with Gasteiger partial charge in [0.15, 0.2) is 11.5 Å². The number of allylic oxidation sites excluding steroid dienone is 1. The van der Waals surface area contributed by atoms with Crippen LogP contribution in [0.3, 0.4) is 0 Å². The zero-order valence-electron chi connectivity index (χ0n) is 18.3. The molecule has 5 heteroatoms. The summed E-state index contributed by atoms with van der Waals surface area (Å²) in [5.41, 5.74) is 2.74. The zero-order chi connectivity index (χ0) is 21.9. The Kier molecular flexibility index (Phi) is 9.26. The predicted molar refractivity (Wildman–Crippen MR) is 119 cm³/mol. The highest BCUT2D eigenvalue weighted by molar-refractivity contribution is 5.86. The fraction of sp³-hybridized carbons (Fsp3) is 0.400. The first-order chi connectivity index (χ1) is 14.5. The van der Waals surface area contributed by atoms with Crippen LogP contribution in [0.15, 0.2) is 54.1 Å². The average molecular weight is 413 g/mol. The average Bonchev–Trinajstić information content (AvgIpc) is 2.77. The van der Waals surface area contributed by atoms with E-state index in [0.717, 1.165) is 24.8 Å². The van der Waals surface area contributed by atoms with E-state index in [2.05, 4.69) is 19.1 Å². The van der Waals surface area contributed by atoms with Crippen LogP contribution in [0.5, 0.6) is 17.2 Å². The number of aliphatic carboxylic acids is 1. The first kappa shape index (κ1) is 23.3. The summed E-state index contributed by atoms with van der Waals surface area (Å²) in [6, 6.07) is 14.0. The standard InChI is InChI=1S/C25H32O5/c1-5-19(21-16-22(28-2)24(30-4)23(17-21)29-3)14-15-20(25(26)27)13-9-12-18-10-7-6-8-11-18/h6-8,10-11,15-17,19H,5,9,12-14H2,1-4H3,(H,26,27). The molecule has 2 aromatic carbocycles. The molecule has 2 aromatic rings. The molecule has 0 heterocycles. The third-order valence-electron chi connectivity index (χ3n) is 5.33. The molecule has 0 saturated carbocycles. The Balaban J connectivity index is 2.13. The fourth-order valence-corrected chi connectivity index (χ4v) is 3.58. The van der Waals surface area contributed by atoms with Crippen molar-refractivity contribution >= 4 is 5.97 Å². The molecule has 1 N–H and O–H groups in total. The van der Waals surface area contributed by atoms with Crippen molar-refractivity contribution in [2.45, 2.75) is 44.9 Å². The van der Waals surface area contributed by atoms with Gasteiger partial charge in [-0.25, -0.2) is 4.79 Å². The molecule has 0 aliphatic heterocycles. The number of rotatable bonds is 12. The van der Waals surface area contributed by atoms with Crippen molar-refractivity contribution in [3.63, 3.8) is 0 Å². The van der Waals surface area contributed by atoms with Crippen LogP contribution in [-0.4, -0.2) is 32.4 Å². The molecule has 5 nitrogen and oxygen atoms in total. The van der Waals surface area contributed by atoms with Crippen molar-refractivity contribution < 1.29 is 24.1 Å². The molecule has 0 radical (unpaired) electrons. The second kappa shape index (κ2) is 11.9. The minimum atomic E-state index is -0.845. The summed E-state index contributed by atoms with van der Waals surface area (Å²) >= 11 is 0. The van der Waals surface area contributed by atoms with Gasteiger partial charge in [-0.3, -0.25) is 0 Å². The summed E-state index contributed by atoms with van der Waals surface area (Å²) in [4.78, 5) is 11.7. The van der Waals surface area contributed by atoms with Crippen LogP contribution in [0.2, 0.25) is 0 Å². The lowest BCUT2D eigenvalue weighted by molar-refractivity contribution is -0.132. The molecule has 0 aliphatic rings. The molecular weight excluding hydrogens is 380 g/mol. The van der Waals surface area contributed by atoms with Crippen LogP contribution < -0.4 is 14.2 Å². The van der Waals surface area contributed by atoms with Gasteiger partial charge in [0.1, 0.15) is 0 Å². The van der Waals surface area contributed by atoms with Gasteiger partial charge in [0.25, 0.3) is 0 Å². The number of benzene rings is 2. The van der Waals surface area contributed by atoms with Crippen LogP contribution in [0.25, 0.3) is 0 Å². The van der Waals surface area contributed by atoms with Gasteiger partial charge in [-0.2, -0.15) is 0 Å². The molecule has 0 bridgehead atoms. The van der Waals surface area contributed by atoms with E-state index >= 15 is 0 Å². The number of carbonyl (C=O) groups is 1. The van der Waals surface area contributed by atoms with E-state index in [1.54, 1.807) is 21.3 Å². The molecule has 0 aromatic heterocycles. The summed E-state index contributed by atoms with van der Waals surface area (Å²) in [6.45, 7) is 2.09. The molecule has 0 saturated heterocycles. The number of hydrogen-bond donors (Lipinski definition) is 1. The SMILES string of the molecule is CCC(CC=C(CCCc1ccccc1)C(=O)O)c1cc(OC)c(OC)c(OC)c1. The maximum atomic E-state index is 11.7. The Bertz CT molecular complexity index is 817. The van der Waals surface area contributed by atoms with E-state index in [4.69, 9.17) is 14.2 Å². The smallest absolute Gasteiger partial charge is 0.331 e. The first-order valence-corrected chi connectivity index (χ1v) is 10.3. The van der Waals surface area contributed by atoms with E-state index in [0.29, 0.717) is 35.7 Å². The minimum absolute atomic E-state index is 0.155. The van der Waals surface area contributed by atoms with Gasteiger partial charge in [-0.05, 0) is 61.3 Å². The van der Waals surface area contributed by atoms with Crippen molar-refractivity contribution in [2.75, 3.05) is 21.3 Å². The third-order valence-corrected chi connectivity index (χ3v) is 5.33. The van der Waals surface area contributed by atoms with Crippen molar-refractivity contribution in [2.24, 2.45) is 0 Å². The Morgan fingerprint density at radius 3 is 2.17 bits per heavy atom. The maximum absolute atomic E-state index is 11.7. The van der Waals surface area contributed by atoms with Crippen LogP contribution in [0.1, 0.15) is 49.7 Å². The van der Waals surface area contributed by atoms with Crippen LogP contribution in [-0.2, 0) is 11.2 Å². The number of carboxylic acids is 1. The summed E-state index contributed by atoms with van der Waals surface area (Å²) < 4.78 is 16.3. The van der Waals surface area contributed by atoms with E-state index < -0.39 is 5.97 Å². The molecule has 162 valence electrons. The molecule has 1 atom stereocenters. The largest absolute Gasteiger partial charge is 0.493 e. The van der Waals surface area contributed by atoms with Crippen LogP contribution in [0, 0.1) is 0 Å². The molecule has 1 unspecified atom stereocenters. The van der Waals surface area contributed by atoms with E-state index in [-0.39, 0.29) is 5.92 Å². The summed E-state index contributed by atoms with van der Waals surface area (Å²) in [7, 11) is 4.77. The molecule has 2 rings (SSSR count). The highest BCUT2D eigenvalue weighted by Gasteiger charge is 2.18. The third kappa shape index (κ3) is 6.28. The second-order valence-corrected chi connectivity index (χ2v) is 7.17. The van der Waals surface area contributed by atoms with Crippen molar-refractivity contribution in [1.82, 2.24) is 0 Å². The molecule has 30 heavy (non-hydrogen) atoms. The minimum Gasteiger partial charge on any atom is -0.493 e. The Morgan fingerprint density at radius 1 is 1.03 bits per heavy atom. The monoisotopic (exact) mass is 412 g/mol. The Labute approximate surface area is 179 Å². The number of aryl methyl sites for hydroxylation is 1. The fourth-order valence-electron chi connectivity index (χ4n) is 3.58. The van der Waals surface area contributed by atoms with E-state index in [1.165, 1.54) is 5.56 Å². The van der Waals surface area contributed by atoms with Crippen molar-refractivity contribution in [3.8, 4) is 17.2 Å². The summed E-state index contributed by atoms with van der Waals surface area (Å²) in [5, 5.41) is 9.63. The predicted octanol–water partition coefficient (Wildman–Crippen LogP) is 5.63. The van der Waals surface area contributed by atoms with Gasteiger partial charge in [-0.15, -0.1) is 0 Å². The highest BCUT2D eigenvalue weighted by atomic mass is 16.5. The van der Waals surface area contributed by atoms with E-state index in [9.17, 15) is 9.90 Å². The van der Waals surface area contributed by atoms with Gasteiger partial charge in [0.05, 0.1) is 21.3 Å². The number of hydrogen-bond acceptors (Lipinski definition) is 4. The molecule has 0 aliphatic carbocycles. The van der Waals surface area contributed by atoms with Crippen LogP contribution >= 0.6 is 0 Å². The topological polar surface area (TPSA) is 65.0 Å². The Morgan fingerprint density at radius 2 is 1.67 bits per heavy atom. The zero-order valence-corrected chi connectivity index (χ0v) is 18.3. The van der Waals surface area contributed by atoms with E-state index in [1.807, 2.05) is 36.4 Å². The lowest BCUT2D eigenvalue weighted by atomic mass is 9.91. The molecule has 0 fully saturated rings.